The fourth-order valence-corrected chi connectivity index (χ4v) is 2.72. The summed E-state index contributed by atoms with van der Waals surface area (Å²) in [6.45, 7) is 0. The van der Waals surface area contributed by atoms with Gasteiger partial charge in [0, 0.05) is 12.0 Å². The lowest BCUT2D eigenvalue weighted by Crippen LogP contribution is -2.56. The van der Waals surface area contributed by atoms with Gasteiger partial charge in [-0.3, -0.25) is 20.2 Å². The van der Waals surface area contributed by atoms with Crippen molar-refractivity contribution in [3.8, 4) is 11.3 Å². The number of esters is 1. The zero-order valence-corrected chi connectivity index (χ0v) is 14.3. The smallest absolute Gasteiger partial charge is 0.339 e. The van der Waals surface area contributed by atoms with Crippen LogP contribution in [-0.4, -0.2) is 30.9 Å². The molecule has 0 aliphatic carbocycles. The molecular formula is C17H13ClN2O6. The number of carbonyl (C=O) groups excluding carboxylic acids is 4. The first-order valence-corrected chi connectivity index (χ1v) is 7.89. The SMILES string of the molecule is COC(=O)c1cc(-c2ccc(CC3C(=O)NC(=O)NC3=O)o2)ccc1Cl. The summed E-state index contributed by atoms with van der Waals surface area (Å²) < 4.78 is 10.3. The Labute approximate surface area is 152 Å². The number of imide groups is 2. The number of amides is 4. The molecule has 2 heterocycles. The number of halogens is 1. The van der Waals surface area contributed by atoms with Crippen molar-refractivity contribution in [1.82, 2.24) is 10.6 Å². The van der Waals surface area contributed by atoms with Gasteiger partial charge < -0.3 is 9.15 Å². The Balaban J connectivity index is 1.82. The summed E-state index contributed by atoms with van der Waals surface area (Å²) in [5.74, 6) is -2.22. The summed E-state index contributed by atoms with van der Waals surface area (Å²) in [7, 11) is 1.25. The standard InChI is InChI=1S/C17H13ClN2O6/c1-25-16(23)10-6-8(2-4-12(10)18)13-5-3-9(26-13)7-11-14(21)19-17(24)20-15(11)22/h2-6,11H,7H2,1H3,(H2,19,20,21,22,24). The lowest BCUT2D eigenvalue weighted by atomic mass is 10.0. The van der Waals surface area contributed by atoms with Crippen LogP contribution in [-0.2, 0) is 20.7 Å². The molecule has 1 fully saturated rings. The maximum Gasteiger partial charge on any atom is 0.339 e. The van der Waals surface area contributed by atoms with E-state index in [4.69, 9.17) is 16.0 Å². The number of barbiturate groups is 1. The van der Waals surface area contributed by atoms with E-state index in [1.807, 2.05) is 10.6 Å². The molecule has 8 nitrogen and oxygen atoms in total. The first kappa shape index (κ1) is 17.7. The molecule has 1 saturated heterocycles. The third-order valence-electron chi connectivity index (χ3n) is 3.83. The van der Waals surface area contributed by atoms with E-state index in [1.54, 1.807) is 24.3 Å². The molecule has 0 atom stereocenters. The van der Waals surface area contributed by atoms with E-state index in [0.29, 0.717) is 17.1 Å². The molecule has 0 spiro atoms. The topological polar surface area (TPSA) is 115 Å². The second-order valence-corrected chi connectivity index (χ2v) is 5.92. The normalized spacial score (nSPS) is 14.8. The molecule has 4 amide bonds. The molecular weight excluding hydrogens is 364 g/mol. The second kappa shape index (κ2) is 7.01. The lowest BCUT2D eigenvalue weighted by molar-refractivity contribution is -0.135. The molecule has 0 radical (unpaired) electrons. The van der Waals surface area contributed by atoms with E-state index >= 15 is 0 Å². The average molecular weight is 377 g/mol. The molecule has 1 aromatic carbocycles. The Morgan fingerprint density at radius 1 is 1.15 bits per heavy atom. The van der Waals surface area contributed by atoms with Crippen molar-refractivity contribution in [2.24, 2.45) is 5.92 Å². The third kappa shape index (κ3) is 3.45. The van der Waals surface area contributed by atoms with Crippen LogP contribution in [0.25, 0.3) is 11.3 Å². The maximum absolute atomic E-state index is 11.8. The Kier molecular flexibility index (Phi) is 4.77. The molecule has 1 aliphatic rings. The number of ether oxygens (including phenoxy) is 1. The van der Waals surface area contributed by atoms with Crippen molar-refractivity contribution in [2.45, 2.75) is 6.42 Å². The van der Waals surface area contributed by atoms with Crippen LogP contribution in [0.5, 0.6) is 0 Å². The van der Waals surface area contributed by atoms with Crippen LogP contribution < -0.4 is 10.6 Å². The summed E-state index contributed by atoms with van der Waals surface area (Å²) >= 11 is 5.99. The number of nitrogens with one attached hydrogen (secondary N) is 2. The number of hydrogen-bond acceptors (Lipinski definition) is 6. The van der Waals surface area contributed by atoms with Crippen LogP contribution in [0.2, 0.25) is 5.02 Å². The Hall–Kier alpha value is -3.13. The van der Waals surface area contributed by atoms with Crippen molar-refractivity contribution in [3.63, 3.8) is 0 Å². The zero-order chi connectivity index (χ0) is 18.8. The van der Waals surface area contributed by atoms with Gasteiger partial charge in [-0.1, -0.05) is 11.6 Å². The zero-order valence-electron chi connectivity index (χ0n) is 13.5. The molecule has 3 rings (SSSR count). The van der Waals surface area contributed by atoms with Crippen molar-refractivity contribution >= 4 is 35.4 Å². The molecule has 0 unspecified atom stereocenters. The first-order chi connectivity index (χ1) is 12.4. The predicted octanol–water partition coefficient (Wildman–Crippen LogP) is 1.91. The Morgan fingerprint density at radius 2 is 1.85 bits per heavy atom. The van der Waals surface area contributed by atoms with Crippen LogP contribution in [0, 0.1) is 5.92 Å². The Morgan fingerprint density at radius 3 is 2.50 bits per heavy atom. The monoisotopic (exact) mass is 376 g/mol. The number of carbonyl (C=O) groups is 4. The summed E-state index contributed by atoms with van der Waals surface area (Å²) in [6.07, 6.45) is -0.0115. The molecule has 2 N–H and O–H groups in total. The largest absolute Gasteiger partial charge is 0.465 e. The minimum atomic E-state index is -1.07. The minimum absolute atomic E-state index is 0.0115. The van der Waals surface area contributed by atoms with Gasteiger partial charge in [0.2, 0.25) is 11.8 Å². The highest BCUT2D eigenvalue weighted by Gasteiger charge is 2.34. The molecule has 134 valence electrons. The predicted molar refractivity (Wildman–Crippen MR) is 89.4 cm³/mol. The van der Waals surface area contributed by atoms with E-state index in [0.717, 1.165) is 0 Å². The number of urea groups is 1. The van der Waals surface area contributed by atoms with Crippen LogP contribution >= 0.6 is 11.6 Å². The molecule has 26 heavy (non-hydrogen) atoms. The van der Waals surface area contributed by atoms with Crippen LogP contribution in [0.4, 0.5) is 4.79 Å². The van der Waals surface area contributed by atoms with Gasteiger partial charge in [0.25, 0.3) is 0 Å². The van der Waals surface area contributed by atoms with E-state index in [-0.39, 0.29) is 17.0 Å². The number of benzene rings is 1. The first-order valence-electron chi connectivity index (χ1n) is 7.51. The lowest BCUT2D eigenvalue weighted by Gasteiger charge is -2.19. The number of methoxy groups -OCH3 is 1. The molecule has 1 aromatic heterocycles. The van der Waals surface area contributed by atoms with Crippen molar-refractivity contribution in [1.29, 1.82) is 0 Å². The molecule has 0 bridgehead atoms. The molecule has 2 aromatic rings. The van der Waals surface area contributed by atoms with Crippen LogP contribution in [0.1, 0.15) is 16.1 Å². The van der Waals surface area contributed by atoms with Crippen molar-refractivity contribution in [3.05, 3.63) is 46.7 Å². The highest BCUT2D eigenvalue weighted by Crippen LogP contribution is 2.28. The van der Waals surface area contributed by atoms with Gasteiger partial charge in [-0.2, -0.15) is 0 Å². The van der Waals surface area contributed by atoms with Crippen LogP contribution in [0.3, 0.4) is 0 Å². The Bertz CT molecular complexity index is 900. The summed E-state index contributed by atoms with van der Waals surface area (Å²) in [5.41, 5.74) is 0.767. The van der Waals surface area contributed by atoms with E-state index < -0.39 is 29.7 Å². The summed E-state index contributed by atoms with van der Waals surface area (Å²) in [5, 5.41) is 4.31. The van der Waals surface area contributed by atoms with Gasteiger partial charge in [-0.15, -0.1) is 0 Å². The second-order valence-electron chi connectivity index (χ2n) is 5.52. The number of hydrogen-bond donors (Lipinski definition) is 2. The highest BCUT2D eigenvalue weighted by molar-refractivity contribution is 6.33. The highest BCUT2D eigenvalue weighted by atomic mass is 35.5. The van der Waals surface area contributed by atoms with Gasteiger partial charge in [0.15, 0.2) is 0 Å². The molecule has 1 aliphatic heterocycles. The summed E-state index contributed by atoms with van der Waals surface area (Å²) in [4.78, 5) is 46.4. The number of furan rings is 1. The average Bonchev–Trinajstić information content (AvgIpc) is 3.06. The minimum Gasteiger partial charge on any atom is -0.465 e. The summed E-state index contributed by atoms with van der Waals surface area (Å²) in [6, 6.07) is 7.14. The van der Waals surface area contributed by atoms with Gasteiger partial charge in [0.05, 0.1) is 17.7 Å². The van der Waals surface area contributed by atoms with Gasteiger partial charge in [-0.25, -0.2) is 9.59 Å². The molecule has 9 heteroatoms. The maximum atomic E-state index is 11.8. The van der Waals surface area contributed by atoms with Gasteiger partial charge >= 0.3 is 12.0 Å². The fraction of sp³-hybridized carbons (Fsp3) is 0.176. The fourth-order valence-electron chi connectivity index (χ4n) is 2.52. The van der Waals surface area contributed by atoms with E-state index in [1.165, 1.54) is 13.2 Å². The quantitative estimate of drug-likeness (QED) is 0.622. The van der Waals surface area contributed by atoms with Crippen molar-refractivity contribution in [2.75, 3.05) is 7.11 Å². The molecule has 0 saturated carbocycles. The van der Waals surface area contributed by atoms with Crippen LogP contribution in [0.15, 0.2) is 34.7 Å². The number of rotatable bonds is 4. The van der Waals surface area contributed by atoms with Gasteiger partial charge in [0.1, 0.15) is 17.4 Å². The third-order valence-corrected chi connectivity index (χ3v) is 4.16. The van der Waals surface area contributed by atoms with Crippen molar-refractivity contribution < 1.29 is 28.3 Å². The van der Waals surface area contributed by atoms with E-state index in [2.05, 4.69) is 4.74 Å². The van der Waals surface area contributed by atoms with E-state index in [9.17, 15) is 19.2 Å². The van der Waals surface area contributed by atoms with Gasteiger partial charge in [-0.05, 0) is 30.3 Å².